The van der Waals surface area contributed by atoms with Crippen LogP contribution in [-0.2, 0) is 0 Å². The van der Waals surface area contributed by atoms with E-state index in [0.29, 0.717) is 27.4 Å². The fraction of sp³-hybridized carbons (Fsp3) is 0. The Morgan fingerprint density at radius 2 is 1.00 bits per heavy atom. The lowest BCUT2D eigenvalue weighted by atomic mass is 11.8. The highest BCUT2D eigenvalue weighted by atomic mass is 28.3. The lowest BCUT2D eigenvalue weighted by Crippen LogP contribution is -1.77. The summed E-state index contributed by atoms with van der Waals surface area (Å²) in [5.41, 5.74) is 0. The molecule has 0 atom stereocenters. The van der Waals surface area contributed by atoms with Gasteiger partial charge in [-0.2, -0.15) is 0 Å². The zero-order chi connectivity index (χ0) is 4.24. The van der Waals surface area contributed by atoms with Crippen LogP contribution in [-0.4, -0.2) is 27.4 Å². The van der Waals surface area contributed by atoms with E-state index in [1.807, 2.05) is 0 Å². The summed E-state index contributed by atoms with van der Waals surface area (Å²) >= 11 is 0. The molecule has 0 aliphatic rings. The highest BCUT2D eigenvalue weighted by Gasteiger charge is 1.59. The molecule has 0 unspecified atom stereocenters. The van der Waals surface area contributed by atoms with Gasteiger partial charge in [-0.25, -0.2) is 0 Å². The maximum absolute atomic E-state index is 2.47. The SMILES string of the molecule is c1[siH]c[siH]c[siH]1. The van der Waals surface area contributed by atoms with E-state index in [-0.39, 0.29) is 0 Å². The molecule has 3 heteroatoms. The Bertz CT molecular complexity index is 78.0. The summed E-state index contributed by atoms with van der Waals surface area (Å²) in [6.07, 6.45) is 0. The van der Waals surface area contributed by atoms with Crippen LogP contribution in [0.3, 0.4) is 0 Å². The topological polar surface area (TPSA) is 0 Å². The fourth-order valence-electron chi connectivity index (χ4n) is 0.385. The van der Waals surface area contributed by atoms with E-state index in [9.17, 15) is 0 Å². The largest absolute Gasteiger partial charge is 0.0992 e. The molecule has 0 amide bonds. The summed E-state index contributed by atoms with van der Waals surface area (Å²) < 4.78 is 0. The zero-order valence-corrected chi connectivity index (χ0v) is 6.93. The van der Waals surface area contributed by atoms with Crippen LogP contribution < -0.4 is 0 Å². The summed E-state index contributed by atoms with van der Waals surface area (Å²) in [6.45, 7) is 0. The Hall–Kier alpha value is 0.261. The van der Waals surface area contributed by atoms with Crippen molar-refractivity contribution in [1.29, 1.82) is 0 Å². The number of hydrogen-bond donors (Lipinski definition) is 0. The van der Waals surface area contributed by atoms with Crippen molar-refractivity contribution < 1.29 is 0 Å². The first-order valence-corrected chi connectivity index (χ1v) is 6.00. The second-order valence-electron chi connectivity index (χ2n) is 1.15. The quantitative estimate of drug-likeness (QED) is 0.387. The first kappa shape index (κ1) is 4.42. The smallest absolute Gasteiger partial charge is 0.0101 e. The van der Waals surface area contributed by atoms with Gasteiger partial charge in [0, 0.05) is 27.4 Å². The molecule has 1 aromatic rings. The summed E-state index contributed by atoms with van der Waals surface area (Å²) in [5.74, 6) is 0. The van der Waals surface area contributed by atoms with Crippen molar-refractivity contribution in [3.05, 3.63) is 15.9 Å². The molecular weight excluding hydrogens is 120 g/mol. The fourth-order valence-corrected chi connectivity index (χ4v) is 6.93. The van der Waals surface area contributed by atoms with Crippen LogP contribution in [0.2, 0.25) is 0 Å². The van der Waals surface area contributed by atoms with Gasteiger partial charge in [-0.1, -0.05) is 15.9 Å². The molecule has 0 N–H and O–H groups in total. The van der Waals surface area contributed by atoms with Crippen LogP contribution in [0.25, 0.3) is 0 Å². The molecule has 1 aromatic heterocycles. The zero-order valence-electron chi connectivity index (χ0n) is 3.46. The third kappa shape index (κ3) is 1.16. The standard InChI is InChI=1S/C3H6Si3/c1-4-2-6-3-5-1/h1-6H. The normalized spacial score (nSPS) is 8.00. The van der Waals surface area contributed by atoms with Crippen molar-refractivity contribution in [2.24, 2.45) is 0 Å². The molecule has 6 heavy (non-hydrogen) atoms. The van der Waals surface area contributed by atoms with E-state index in [4.69, 9.17) is 0 Å². The van der Waals surface area contributed by atoms with E-state index in [1.165, 1.54) is 0 Å². The van der Waals surface area contributed by atoms with Crippen LogP contribution in [0.15, 0.2) is 15.9 Å². The molecule has 0 bridgehead atoms. The van der Waals surface area contributed by atoms with Crippen LogP contribution in [0.5, 0.6) is 0 Å². The Morgan fingerprint density at radius 3 is 1.17 bits per heavy atom. The van der Waals surface area contributed by atoms with Crippen molar-refractivity contribution in [2.45, 2.75) is 0 Å². The molecule has 0 saturated heterocycles. The molecule has 0 nitrogen and oxygen atoms in total. The van der Waals surface area contributed by atoms with E-state index >= 15 is 0 Å². The van der Waals surface area contributed by atoms with E-state index in [2.05, 4.69) is 15.9 Å². The molecule has 30 valence electrons. The van der Waals surface area contributed by atoms with Gasteiger partial charge in [-0.3, -0.25) is 0 Å². The van der Waals surface area contributed by atoms with Gasteiger partial charge in [0.25, 0.3) is 0 Å². The van der Waals surface area contributed by atoms with E-state index in [1.54, 1.807) is 0 Å². The molecule has 0 aliphatic carbocycles. The van der Waals surface area contributed by atoms with Crippen molar-refractivity contribution in [2.75, 3.05) is 0 Å². The molecule has 0 radical (unpaired) electrons. The van der Waals surface area contributed by atoms with Crippen molar-refractivity contribution in [3.8, 4) is 0 Å². The molecule has 1 rings (SSSR count). The van der Waals surface area contributed by atoms with Crippen LogP contribution in [0.1, 0.15) is 0 Å². The van der Waals surface area contributed by atoms with E-state index < -0.39 is 0 Å². The minimum Gasteiger partial charge on any atom is -0.0992 e. The number of rotatable bonds is 0. The first-order chi connectivity index (χ1) is 3.00. The summed E-state index contributed by atoms with van der Waals surface area (Å²) in [6, 6.07) is 0. The maximum Gasteiger partial charge on any atom is 0.0101 e. The molecule has 0 spiro atoms. The first-order valence-electron chi connectivity index (χ1n) is 2.00. The van der Waals surface area contributed by atoms with Gasteiger partial charge in [-0.15, -0.1) is 0 Å². The summed E-state index contributed by atoms with van der Waals surface area (Å²) in [7, 11) is 2.09. The van der Waals surface area contributed by atoms with Gasteiger partial charge in [0.2, 0.25) is 0 Å². The Balaban J connectivity index is 3.00. The average molecular weight is 126 g/mol. The summed E-state index contributed by atoms with van der Waals surface area (Å²) in [5, 5.41) is 7.41. The second-order valence-corrected chi connectivity index (χ2v) is 6.93. The third-order valence-corrected chi connectivity index (χ3v) is 6.00. The van der Waals surface area contributed by atoms with Gasteiger partial charge in [0.1, 0.15) is 0 Å². The Kier molecular flexibility index (Phi) is 1.79. The lowest BCUT2D eigenvalue weighted by Gasteiger charge is -1.68. The summed E-state index contributed by atoms with van der Waals surface area (Å²) in [4.78, 5) is 0. The van der Waals surface area contributed by atoms with Crippen molar-refractivity contribution in [3.63, 3.8) is 0 Å². The van der Waals surface area contributed by atoms with Crippen LogP contribution in [0, 0.1) is 0 Å². The lowest BCUT2D eigenvalue weighted by molar-refractivity contribution is 2.53. The van der Waals surface area contributed by atoms with Gasteiger partial charge in [0.15, 0.2) is 0 Å². The van der Waals surface area contributed by atoms with Crippen molar-refractivity contribution >= 4 is 27.4 Å². The molecule has 0 saturated carbocycles. The van der Waals surface area contributed by atoms with Gasteiger partial charge < -0.3 is 0 Å². The second kappa shape index (κ2) is 2.44. The Morgan fingerprint density at radius 1 is 0.667 bits per heavy atom. The Labute approximate surface area is 43.8 Å². The predicted molar refractivity (Wildman–Crippen MR) is 34.7 cm³/mol. The van der Waals surface area contributed by atoms with Gasteiger partial charge >= 0.3 is 0 Å². The third-order valence-electron chi connectivity index (χ3n) is 0.667. The minimum atomic E-state index is 0.698. The van der Waals surface area contributed by atoms with Crippen LogP contribution >= 0.6 is 0 Å². The average Bonchev–Trinajstić information content (AvgIpc) is 1.72. The number of hydrogen-bond acceptors (Lipinski definition) is 0. The minimum absolute atomic E-state index is 0.698. The molecule has 0 fully saturated rings. The molecule has 1 heterocycles. The predicted octanol–water partition coefficient (Wildman–Crippen LogP) is -1.10. The highest BCUT2D eigenvalue weighted by Crippen LogP contribution is 1.55. The van der Waals surface area contributed by atoms with Crippen molar-refractivity contribution in [1.82, 2.24) is 0 Å². The molecular formula is C3H6Si3. The molecule has 0 aliphatic heterocycles. The van der Waals surface area contributed by atoms with Gasteiger partial charge in [0.05, 0.1) is 0 Å². The maximum atomic E-state index is 2.47. The van der Waals surface area contributed by atoms with Gasteiger partial charge in [-0.05, 0) is 0 Å². The van der Waals surface area contributed by atoms with Crippen LogP contribution in [0.4, 0.5) is 0 Å². The molecule has 0 aromatic carbocycles. The van der Waals surface area contributed by atoms with E-state index in [0.717, 1.165) is 0 Å². The highest BCUT2D eigenvalue weighted by molar-refractivity contribution is 6.58. The monoisotopic (exact) mass is 126 g/mol.